The van der Waals surface area contributed by atoms with Gasteiger partial charge < -0.3 is 10.4 Å². The van der Waals surface area contributed by atoms with Crippen molar-refractivity contribution in [1.29, 1.82) is 0 Å². The van der Waals surface area contributed by atoms with Gasteiger partial charge in [0.25, 0.3) is 0 Å². The summed E-state index contributed by atoms with van der Waals surface area (Å²) in [5.41, 5.74) is 0.558. The highest BCUT2D eigenvalue weighted by atomic mass is 19.1. The number of benzene rings is 1. The van der Waals surface area contributed by atoms with Crippen molar-refractivity contribution in [2.24, 2.45) is 0 Å². The van der Waals surface area contributed by atoms with Gasteiger partial charge in [0.1, 0.15) is 5.82 Å². The third-order valence-electron chi connectivity index (χ3n) is 1.81. The van der Waals surface area contributed by atoms with E-state index < -0.39 is 6.04 Å². The normalized spacial score (nSPS) is 12.2. The summed E-state index contributed by atoms with van der Waals surface area (Å²) >= 11 is 0. The van der Waals surface area contributed by atoms with Crippen molar-refractivity contribution < 1.29 is 14.3 Å². The van der Waals surface area contributed by atoms with Gasteiger partial charge in [-0.05, 0) is 17.7 Å². The van der Waals surface area contributed by atoms with Gasteiger partial charge in [-0.25, -0.2) is 4.39 Å². The van der Waals surface area contributed by atoms with Crippen molar-refractivity contribution in [3.8, 4) is 0 Å². The van der Waals surface area contributed by atoms with Gasteiger partial charge in [0.05, 0.1) is 12.6 Å². The van der Waals surface area contributed by atoms with E-state index in [-0.39, 0.29) is 18.3 Å². The minimum Gasteiger partial charge on any atom is -0.394 e. The lowest BCUT2D eigenvalue weighted by molar-refractivity contribution is -0.120. The second-order valence-corrected chi connectivity index (χ2v) is 2.99. The minimum absolute atomic E-state index is 0.247. The van der Waals surface area contributed by atoms with Crippen molar-refractivity contribution in [3.05, 3.63) is 35.6 Å². The monoisotopic (exact) mass is 197 g/mol. The van der Waals surface area contributed by atoms with Crippen LogP contribution >= 0.6 is 0 Å². The smallest absolute Gasteiger partial charge is 0.217 e. The number of aliphatic hydroxyl groups is 1. The van der Waals surface area contributed by atoms with E-state index in [1.165, 1.54) is 25.1 Å². The van der Waals surface area contributed by atoms with Crippen LogP contribution in [0.25, 0.3) is 0 Å². The van der Waals surface area contributed by atoms with Gasteiger partial charge in [0.15, 0.2) is 0 Å². The summed E-state index contributed by atoms with van der Waals surface area (Å²) in [6.07, 6.45) is 0. The van der Waals surface area contributed by atoms with Crippen LogP contribution in [-0.4, -0.2) is 17.6 Å². The Balaban J connectivity index is 2.83. The maximum Gasteiger partial charge on any atom is 0.217 e. The number of rotatable bonds is 3. The maximum atomic E-state index is 12.8. The summed E-state index contributed by atoms with van der Waals surface area (Å²) in [7, 11) is 0. The Hall–Kier alpha value is -1.42. The predicted octanol–water partition coefficient (Wildman–Crippen LogP) is 0.995. The van der Waals surface area contributed by atoms with Gasteiger partial charge in [-0.3, -0.25) is 4.79 Å². The highest BCUT2D eigenvalue weighted by Crippen LogP contribution is 2.13. The lowest BCUT2D eigenvalue weighted by atomic mass is 10.1. The number of aliphatic hydroxyl groups excluding tert-OH is 1. The van der Waals surface area contributed by atoms with Gasteiger partial charge >= 0.3 is 0 Å². The summed E-state index contributed by atoms with van der Waals surface area (Å²) in [6.45, 7) is 1.10. The Morgan fingerprint density at radius 2 is 2.36 bits per heavy atom. The Morgan fingerprint density at radius 1 is 1.64 bits per heavy atom. The molecule has 0 aliphatic carbocycles. The molecule has 0 saturated carbocycles. The number of nitrogens with one attached hydrogen (secondary N) is 1. The highest BCUT2D eigenvalue weighted by molar-refractivity contribution is 5.73. The minimum atomic E-state index is -0.539. The second kappa shape index (κ2) is 4.72. The van der Waals surface area contributed by atoms with Crippen molar-refractivity contribution >= 4 is 5.91 Å². The molecule has 2 N–H and O–H groups in total. The largest absolute Gasteiger partial charge is 0.394 e. The molecular weight excluding hydrogens is 185 g/mol. The van der Waals surface area contributed by atoms with E-state index >= 15 is 0 Å². The Morgan fingerprint density at radius 3 is 2.86 bits per heavy atom. The van der Waals surface area contributed by atoms with Gasteiger partial charge in [0.2, 0.25) is 5.91 Å². The SMILES string of the molecule is CC(=O)N[C@H](CO)c1cccc(F)c1. The molecule has 1 amide bonds. The number of carbonyl (C=O) groups is 1. The van der Waals surface area contributed by atoms with Crippen LogP contribution in [0.5, 0.6) is 0 Å². The molecule has 0 saturated heterocycles. The number of carbonyl (C=O) groups excluding carboxylic acids is 1. The van der Waals surface area contributed by atoms with Gasteiger partial charge in [-0.1, -0.05) is 12.1 Å². The molecule has 1 atom stereocenters. The fourth-order valence-electron chi connectivity index (χ4n) is 1.20. The fraction of sp³-hybridized carbons (Fsp3) is 0.300. The summed E-state index contributed by atoms with van der Waals surface area (Å²) in [4.78, 5) is 10.8. The zero-order chi connectivity index (χ0) is 10.6. The number of hydrogen-bond donors (Lipinski definition) is 2. The van der Waals surface area contributed by atoms with E-state index in [1.54, 1.807) is 6.07 Å². The first-order valence-electron chi connectivity index (χ1n) is 4.27. The molecule has 4 heteroatoms. The Bertz CT molecular complexity index is 328. The Labute approximate surface area is 81.6 Å². The van der Waals surface area contributed by atoms with E-state index in [0.29, 0.717) is 5.56 Å². The van der Waals surface area contributed by atoms with Crippen molar-refractivity contribution in [3.63, 3.8) is 0 Å². The van der Waals surface area contributed by atoms with Crippen molar-refractivity contribution in [2.75, 3.05) is 6.61 Å². The van der Waals surface area contributed by atoms with Crippen LogP contribution in [0.1, 0.15) is 18.5 Å². The number of amides is 1. The maximum absolute atomic E-state index is 12.8. The molecule has 0 aliphatic heterocycles. The van der Waals surface area contributed by atoms with Crippen molar-refractivity contribution in [2.45, 2.75) is 13.0 Å². The van der Waals surface area contributed by atoms with Gasteiger partial charge in [0, 0.05) is 6.92 Å². The van der Waals surface area contributed by atoms with Gasteiger partial charge in [-0.2, -0.15) is 0 Å². The zero-order valence-electron chi connectivity index (χ0n) is 7.83. The van der Waals surface area contributed by atoms with Crippen molar-refractivity contribution in [1.82, 2.24) is 5.32 Å². The molecule has 0 spiro atoms. The van der Waals surface area contributed by atoms with E-state index in [1.807, 2.05) is 0 Å². The lowest BCUT2D eigenvalue weighted by Gasteiger charge is -2.15. The molecule has 76 valence electrons. The van der Waals surface area contributed by atoms with Gasteiger partial charge in [-0.15, -0.1) is 0 Å². The summed E-state index contributed by atoms with van der Waals surface area (Å²) in [5, 5.41) is 11.5. The van der Waals surface area contributed by atoms with Crippen LogP contribution < -0.4 is 5.32 Å². The first-order chi connectivity index (χ1) is 6.63. The molecule has 1 rings (SSSR count). The zero-order valence-corrected chi connectivity index (χ0v) is 7.83. The summed E-state index contributed by atoms with van der Waals surface area (Å²) < 4.78 is 12.8. The molecule has 0 aliphatic rings. The summed E-state index contributed by atoms with van der Waals surface area (Å²) in [6, 6.07) is 5.25. The van der Waals surface area contributed by atoms with Crippen LogP contribution in [0.4, 0.5) is 4.39 Å². The fourth-order valence-corrected chi connectivity index (χ4v) is 1.20. The first kappa shape index (κ1) is 10.7. The molecule has 0 bridgehead atoms. The molecule has 0 fully saturated rings. The topological polar surface area (TPSA) is 49.3 Å². The Kier molecular flexibility index (Phi) is 3.59. The summed E-state index contributed by atoms with van der Waals surface area (Å²) in [5.74, 6) is -0.639. The highest BCUT2D eigenvalue weighted by Gasteiger charge is 2.11. The third-order valence-corrected chi connectivity index (χ3v) is 1.81. The van der Waals surface area contributed by atoms with E-state index in [2.05, 4.69) is 5.32 Å². The quantitative estimate of drug-likeness (QED) is 0.759. The molecule has 0 heterocycles. The average Bonchev–Trinajstić information content (AvgIpc) is 2.14. The molecular formula is C10H12FNO2. The van der Waals surface area contributed by atoms with Crippen LogP contribution in [0.2, 0.25) is 0 Å². The van der Waals surface area contributed by atoms with Crippen LogP contribution in [0, 0.1) is 5.82 Å². The second-order valence-electron chi connectivity index (χ2n) is 2.99. The number of hydrogen-bond acceptors (Lipinski definition) is 2. The number of halogens is 1. The van der Waals surface area contributed by atoms with E-state index in [4.69, 9.17) is 5.11 Å². The van der Waals surface area contributed by atoms with Crippen LogP contribution in [0.3, 0.4) is 0 Å². The molecule has 1 aromatic carbocycles. The van der Waals surface area contributed by atoms with E-state index in [9.17, 15) is 9.18 Å². The van der Waals surface area contributed by atoms with Crippen LogP contribution in [-0.2, 0) is 4.79 Å². The molecule has 0 unspecified atom stereocenters. The molecule has 0 radical (unpaired) electrons. The standard InChI is InChI=1S/C10H12FNO2/c1-7(14)12-10(6-13)8-3-2-4-9(11)5-8/h2-5,10,13H,6H2,1H3,(H,12,14)/t10-/m1/s1. The molecule has 0 aromatic heterocycles. The molecule has 3 nitrogen and oxygen atoms in total. The molecule has 1 aromatic rings. The van der Waals surface area contributed by atoms with Crippen LogP contribution in [0.15, 0.2) is 24.3 Å². The third kappa shape index (κ3) is 2.81. The first-order valence-corrected chi connectivity index (χ1v) is 4.27. The predicted molar refractivity (Wildman–Crippen MR) is 50.0 cm³/mol. The lowest BCUT2D eigenvalue weighted by Crippen LogP contribution is -2.28. The average molecular weight is 197 g/mol. The van der Waals surface area contributed by atoms with E-state index in [0.717, 1.165) is 0 Å². The molecule has 14 heavy (non-hydrogen) atoms.